The number of carboxylic acids is 1. The molecule has 0 saturated carbocycles. The number of carbonyl (C=O) groups is 1. The highest BCUT2D eigenvalue weighted by atomic mass is 16.5. The molecule has 2 aliphatic rings. The van der Waals surface area contributed by atoms with E-state index in [2.05, 4.69) is 25.2 Å². The Balaban J connectivity index is 1.80. The zero-order chi connectivity index (χ0) is 13.6. The molecule has 2 atom stereocenters. The van der Waals surface area contributed by atoms with E-state index in [0.29, 0.717) is 13.0 Å². The summed E-state index contributed by atoms with van der Waals surface area (Å²) >= 11 is 0. The van der Waals surface area contributed by atoms with Crippen LogP contribution in [0.15, 0.2) is 18.2 Å². The minimum absolute atomic E-state index is 0.131. The molecule has 4 heteroatoms. The lowest BCUT2D eigenvalue weighted by atomic mass is 9.96. The first-order valence-electron chi connectivity index (χ1n) is 6.73. The van der Waals surface area contributed by atoms with Crippen LogP contribution in [0.4, 0.5) is 0 Å². The second kappa shape index (κ2) is 4.23. The molecule has 1 aromatic carbocycles. The monoisotopic (exact) mass is 261 g/mol. The number of ether oxygens (including phenoxy) is 1. The van der Waals surface area contributed by atoms with Crippen LogP contribution in [0.3, 0.4) is 0 Å². The zero-order valence-electron chi connectivity index (χ0n) is 11.3. The fraction of sp³-hybridized carbons (Fsp3) is 0.533. The third-order valence-electron chi connectivity index (χ3n) is 3.97. The van der Waals surface area contributed by atoms with Gasteiger partial charge in [0.1, 0.15) is 11.4 Å². The highest BCUT2D eigenvalue weighted by molar-refractivity contribution is 5.70. The second-order valence-electron chi connectivity index (χ2n) is 6.14. The van der Waals surface area contributed by atoms with Gasteiger partial charge in [0.05, 0.1) is 5.92 Å². The molecular weight excluding hydrogens is 242 g/mol. The van der Waals surface area contributed by atoms with E-state index >= 15 is 0 Å². The van der Waals surface area contributed by atoms with E-state index in [0.717, 1.165) is 12.2 Å². The molecule has 3 rings (SSSR count). The highest BCUT2D eigenvalue weighted by Gasteiger charge is 2.33. The quantitative estimate of drug-likeness (QED) is 0.856. The molecule has 2 unspecified atom stereocenters. The van der Waals surface area contributed by atoms with E-state index in [1.807, 2.05) is 12.1 Å². The fourth-order valence-electron chi connectivity index (χ4n) is 3.02. The number of carboxylic acid groups (broad SMARTS) is 1. The van der Waals surface area contributed by atoms with Crippen LogP contribution in [0.25, 0.3) is 0 Å². The Morgan fingerprint density at radius 3 is 2.95 bits per heavy atom. The van der Waals surface area contributed by atoms with Crippen LogP contribution in [-0.4, -0.2) is 23.2 Å². The van der Waals surface area contributed by atoms with Crippen molar-refractivity contribution < 1.29 is 14.6 Å². The third-order valence-corrected chi connectivity index (χ3v) is 3.97. The molecular formula is C15H19NO3. The van der Waals surface area contributed by atoms with E-state index in [9.17, 15) is 4.79 Å². The minimum Gasteiger partial charge on any atom is -0.487 e. The number of rotatable bonds is 2. The largest absolute Gasteiger partial charge is 0.487 e. The predicted octanol–water partition coefficient (Wildman–Crippen LogP) is 2.14. The fourth-order valence-corrected chi connectivity index (χ4v) is 3.02. The molecule has 4 nitrogen and oxygen atoms in total. The van der Waals surface area contributed by atoms with Gasteiger partial charge in [-0.2, -0.15) is 0 Å². The number of hydrogen-bond donors (Lipinski definition) is 2. The van der Waals surface area contributed by atoms with Crippen molar-refractivity contribution in [2.75, 3.05) is 6.54 Å². The molecule has 2 heterocycles. The molecule has 1 saturated heterocycles. The normalized spacial score (nSPS) is 27.9. The molecule has 2 aliphatic heterocycles. The highest BCUT2D eigenvalue weighted by Crippen LogP contribution is 2.37. The number of hydrogen-bond acceptors (Lipinski definition) is 3. The van der Waals surface area contributed by atoms with Crippen molar-refractivity contribution in [2.24, 2.45) is 5.92 Å². The summed E-state index contributed by atoms with van der Waals surface area (Å²) in [5.41, 5.74) is 2.26. The van der Waals surface area contributed by atoms with Crippen LogP contribution in [-0.2, 0) is 11.2 Å². The van der Waals surface area contributed by atoms with Crippen LogP contribution in [0, 0.1) is 5.92 Å². The molecule has 0 amide bonds. The second-order valence-corrected chi connectivity index (χ2v) is 6.14. The van der Waals surface area contributed by atoms with E-state index in [1.165, 1.54) is 11.1 Å². The van der Waals surface area contributed by atoms with E-state index in [4.69, 9.17) is 9.84 Å². The van der Waals surface area contributed by atoms with Gasteiger partial charge in [-0.3, -0.25) is 4.79 Å². The molecule has 0 bridgehead atoms. The maximum Gasteiger partial charge on any atom is 0.307 e. The van der Waals surface area contributed by atoms with E-state index in [-0.39, 0.29) is 17.6 Å². The van der Waals surface area contributed by atoms with Gasteiger partial charge >= 0.3 is 5.97 Å². The van der Waals surface area contributed by atoms with Gasteiger partial charge in [-0.25, -0.2) is 0 Å². The van der Waals surface area contributed by atoms with Gasteiger partial charge in [0.15, 0.2) is 0 Å². The van der Waals surface area contributed by atoms with Crippen molar-refractivity contribution in [1.29, 1.82) is 0 Å². The number of benzene rings is 1. The molecule has 2 N–H and O–H groups in total. The van der Waals surface area contributed by atoms with Gasteiger partial charge in [0.25, 0.3) is 0 Å². The summed E-state index contributed by atoms with van der Waals surface area (Å²) in [4.78, 5) is 11.0. The summed E-state index contributed by atoms with van der Waals surface area (Å²) < 4.78 is 5.86. The summed E-state index contributed by atoms with van der Waals surface area (Å²) in [6.45, 7) is 4.72. The Bertz CT molecular complexity index is 524. The first kappa shape index (κ1) is 12.5. The molecule has 1 aromatic rings. The van der Waals surface area contributed by atoms with Crippen molar-refractivity contribution >= 4 is 5.97 Å². The predicted molar refractivity (Wildman–Crippen MR) is 71.3 cm³/mol. The average molecular weight is 261 g/mol. The van der Waals surface area contributed by atoms with Crippen molar-refractivity contribution in [3.8, 4) is 5.75 Å². The zero-order valence-corrected chi connectivity index (χ0v) is 11.3. The smallest absolute Gasteiger partial charge is 0.307 e. The molecule has 0 spiro atoms. The van der Waals surface area contributed by atoms with Crippen LogP contribution in [0.1, 0.15) is 37.4 Å². The Kier molecular flexibility index (Phi) is 2.78. The topological polar surface area (TPSA) is 58.6 Å². The lowest BCUT2D eigenvalue weighted by molar-refractivity contribution is -0.141. The lowest BCUT2D eigenvalue weighted by Crippen LogP contribution is -2.24. The number of nitrogens with one attached hydrogen (secondary N) is 1. The Morgan fingerprint density at radius 1 is 1.47 bits per heavy atom. The summed E-state index contributed by atoms with van der Waals surface area (Å²) in [6.07, 6.45) is 1.57. The SMILES string of the molecule is CC1(C)Cc2cc(C3CC(C(=O)O)CN3)ccc2O1. The maximum absolute atomic E-state index is 11.0. The van der Waals surface area contributed by atoms with Gasteiger partial charge < -0.3 is 15.2 Å². The lowest BCUT2D eigenvalue weighted by Gasteiger charge is -2.16. The summed E-state index contributed by atoms with van der Waals surface area (Å²) in [5.74, 6) is -0.0203. The maximum atomic E-state index is 11.0. The molecule has 0 radical (unpaired) electrons. The average Bonchev–Trinajstić information content (AvgIpc) is 2.89. The number of fused-ring (bicyclic) bond motifs is 1. The van der Waals surface area contributed by atoms with Gasteiger partial charge in [0, 0.05) is 19.0 Å². The molecule has 1 fully saturated rings. The Hall–Kier alpha value is -1.55. The van der Waals surface area contributed by atoms with Crippen molar-refractivity contribution in [1.82, 2.24) is 5.32 Å². The van der Waals surface area contributed by atoms with E-state index in [1.54, 1.807) is 0 Å². The van der Waals surface area contributed by atoms with Crippen LogP contribution < -0.4 is 10.1 Å². The first-order valence-corrected chi connectivity index (χ1v) is 6.73. The third kappa shape index (κ3) is 2.32. The van der Waals surface area contributed by atoms with Crippen molar-refractivity contribution in [2.45, 2.75) is 38.3 Å². The molecule has 0 aromatic heterocycles. The van der Waals surface area contributed by atoms with Gasteiger partial charge in [-0.15, -0.1) is 0 Å². The minimum atomic E-state index is -0.708. The van der Waals surface area contributed by atoms with Crippen LogP contribution in [0.2, 0.25) is 0 Å². The van der Waals surface area contributed by atoms with Gasteiger partial charge in [-0.05, 0) is 37.5 Å². The summed E-state index contributed by atoms with van der Waals surface area (Å²) in [5, 5.41) is 12.3. The Morgan fingerprint density at radius 2 is 2.26 bits per heavy atom. The summed E-state index contributed by atoms with van der Waals surface area (Å²) in [7, 11) is 0. The van der Waals surface area contributed by atoms with Gasteiger partial charge in [-0.1, -0.05) is 12.1 Å². The standard InChI is InChI=1S/C15H19NO3/c1-15(2)7-10-5-9(3-4-13(10)19-15)12-6-11(8-16-12)14(17)18/h3-5,11-12,16H,6-8H2,1-2H3,(H,17,18). The Labute approximate surface area is 112 Å². The van der Waals surface area contributed by atoms with Crippen LogP contribution >= 0.6 is 0 Å². The van der Waals surface area contributed by atoms with Crippen LogP contribution in [0.5, 0.6) is 5.75 Å². The van der Waals surface area contributed by atoms with Gasteiger partial charge in [0.2, 0.25) is 0 Å². The molecule has 19 heavy (non-hydrogen) atoms. The molecule has 102 valence electrons. The summed E-state index contributed by atoms with van der Waals surface area (Å²) in [6, 6.07) is 6.36. The first-order chi connectivity index (χ1) is 8.94. The number of aliphatic carboxylic acids is 1. The van der Waals surface area contributed by atoms with Crippen molar-refractivity contribution in [3.05, 3.63) is 29.3 Å². The molecule has 0 aliphatic carbocycles. The van der Waals surface area contributed by atoms with E-state index < -0.39 is 5.97 Å². The van der Waals surface area contributed by atoms with Crippen molar-refractivity contribution in [3.63, 3.8) is 0 Å².